The summed E-state index contributed by atoms with van der Waals surface area (Å²) < 4.78 is 11.2. The van der Waals surface area contributed by atoms with E-state index in [4.69, 9.17) is 20.8 Å². The molecule has 0 radical (unpaired) electrons. The molecule has 0 atom stereocenters. The van der Waals surface area contributed by atoms with Gasteiger partial charge in [-0.1, -0.05) is 35.9 Å². The van der Waals surface area contributed by atoms with Gasteiger partial charge in [-0.3, -0.25) is 4.79 Å². The number of carbonyl (C=O) groups is 1. The van der Waals surface area contributed by atoms with Crippen LogP contribution in [0, 0.1) is 0 Å². The van der Waals surface area contributed by atoms with Crippen LogP contribution in [0.5, 0.6) is 5.75 Å². The van der Waals surface area contributed by atoms with E-state index in [1.165, 1.54) is 0 Å². The number of fused-ring (bicyclic) bond motifs is 1. The summed E-state index contributed by atoms with van der Waals surface area (Å²) in [5.41, 5.74) is 3.37. The number of rotatable bonds is 6. The summed E-state index contributed by atoms with van der Waals surface area (Å²) >= 11 is 5.82. The Kier molecular flexibility index (Phi) is 5.26. The van der Waals surface area contributed by atoms with Crippen molar-refractivity contribution in [1.29, 1.82) is 0 Å². The van der Waals surface area contributed by atoms with Crippen LogP contribution in [0.2, 0.25) is 5.02 Å². The number of hydrogen-bond acceptors (Lipinski definition) is 4. The van der Waals surface area contributed by atoms with Gasteiger partial charge >= 0.3 is 0 Å². The fourth-order valence-electron chi connectivity index (χ4n) is 2.75. The molecule has 0 aliphatic rings. The molecule has 3 aromatic carbocycles. The molecule has 0 spiro atoms. The van der Waals surface area contributed by atoms with Gasteiger partial charge in [-0.25, -0.2) is 4.98 Å². The first-order valence-corrected chi connectivity index (χ1v) is 9.15. The van der Waals surface area contributed by atoms with Crippen molar-refractivity contribution >= 4 is 34.3 Å². The van der Waals surface area contributed by atoms with Crippen molar-refractivity contribution in [3.63, 3.8) is 0 Å². The van der Waals surface area contributed by atoms with Gasteiger partial charge in [-0.05, 0) is 54.1 Å². The molecule has 4 aromatic rings. The second-order valence-corrected chi connectivity index (χ2v) is 6.68. The molecule has 0 aliphatic heterocycles. The summed E-state index contributed by atoms with van der Waals surface area (Å²) in [5, 5.41) is 3.43. The number of oxazole rings is 1. The summed E-state index contributed by atoms with van der Waals surface area (Å²) in [6.45, 7) is -0.0771. The molecule has 1 N–H and O–H groups in total. The zero-order valence-corrected chi connectivity index (χ0v) is 15.6. The minimum Gasteiger partial charge on any atom is -0.484 e. The number of halogens is 1. The van der Waals surface area contributed by atoms with Gasteiger partial charge in [0.1, 0.15) is 11.3 Å². The molecule has 1 heterocycles. The van der Waals surface area contributed by atoms with Crippen LogP contribution in [-0.4, -0.2) is 17.5 Å². The quantitative estimate of drug-likeness (QED) is 0.496. The van der Waals surface area contributed by atoms with E-state index in [1.807, 2.05) is 48.5 Å². The fraction of sp³-hybridized carbons (Fsp3) is 0.0909. The van der Waals surface area contributed by atoms with Crippen LogP contribution in [0.3, 0.4) is 0 Å². The van der Waals surface area contributed by atoms with Crippen LogP contribution in [0.15, 0.2) is 77.2 Å². The SMILES string of the molecule is O=C(COc1ccc(Cl)cc1)Nc1ccc(Cc2nc3ccccc3o2)cc1. The predicted molar refractivity (Wildman–Crippen MR) is 109 cm³/mol. The number of benzene rings is 3. The average molecular weight is 393 g/mol. The second kappa shape index (κ2) is 8.15. The summed E-state index contributed by atoms with van der Waals surface area (Å²) in [6.07, 6.45) is 0.586. The van der Waals surface area contributed by atoms with E-state index in [0.29, 0.717) is 28.8 Å². The van der Waals surface area contributed by atoms with Crippen molar-refractivity contribution in [2.75, 3.05) is 11.9 Å². The number of anilines is 1. The van der Waals surface area contributed by atoms with Crippen LogP contribution in [0.4, 0.5) is 5.69 Å². The lowest BCUT2D eigenvalue weighted by Crippen LogP contribution is -2.20. The number of amides is 1. The molecule has 0 aliphatic carbocycles. The van der Waals surface area contributed by atoms with E-state index in [1.54, 1.807) is 24.3 Å². The average Bonchev–Trinajstić information content (AvgIpc) is 3.11. The molecule has 1 amide bonds. The van der Waals surface area contributed by atoms with Crippen molar-refractivity contribution in [1.82, 2.24) is 4.98 Å². The maximum absolute atomic E-state index is 12.0. The third-order valence-corrected chi connectivity index (χ3v) is 4.37. The Balaban J connectivity index is 1.32. The Morgan fingerprint density at radius 3 is 2.50 bits per heavy atom. The van der Waals surface area contributed by atoms with E-state index in [2.05, 4.69) is 10.3 Å². The smallest absolute Gasteiger partial charge is 0.262 e. The number of nitrogens with zero attached hydrogens (tertiary/aromatic N) is 1. The van der Waals surface area contributed by atoms with Crippen molar-refractivity contribution < 1.29 is 13.9 Å². The minimum absolute atomic E-state index is 0.0771. The van der Waals surface area contributed by atoms with Crippen LogP contribution < -0.4 is 10.1 Å². The molecule has 0 saturated heterocycles. The highest BCUT2D eigenvalue weighted by molar-refractivity contribution is 6.30. The first-order valence-electron chi connectivity index (χ1n) is 8.77. The number of aromatic nitrogens is 1. The summed E-state index contributed by atoms with van der Waals surface area (Å²) in [6, 6.07) is 22.1. The lowest BCUT2D eigenvalue weighted by molar-refractivity contribution is -0.118. The summed E-state index contributed by atoms with van der Waals surface area (Å²) in [5.74, 6) is 1.02. The Morgan fingerprint density at radius 2 is 1.75 bits per heavy atom. The van der Waals surface area contributed by atoms with Crippen molar-refractivity contribution in [3.05, 3.63) is 89.3 Å². The first-order chi connectivity index (χ1) is 13.7. The van der Waals surface area contributed by atoms with Crippen molar-refractivity contribution in [3.8, 4) is 5.75 Å². The molecule has 0 saturated carbocycles. The molecule has 0 unspecified atom stereocenters. The Labute approximate surface area is 166 Å². The molecule has 6 heteroatoms. The van der Waals surface area contributed by atoms with E-state index in [9.17, 15) is 4.79 Å². The molecule has 1 aromatic heterocycles. The number of para-hydroxylation sites is 2. The maximum Gasteiger partial charge on any atom is 0.262 e. The number of hydrogen-bond donors (Lipinski definition) is 1. The third kappa shape index (κ3) is 4.50. The zero-order chi connectivity index (χ0) is 19.3. The van der Waals surface area contributed by atoms with Gasteiger partial charge in [-0.2, -0.15) is 0 Å². The predicted octanol–water partition coefficient (Wildman–Crippen LogP) is 5.09. The second-order valence-electron chi connectivity index (χ2n) is 6.24. The highest BCUT2D eigenvalue weighted by Gasteiger charge is 2.07. The van der Waals surface area contributed by atoms with Crippen LogP contribution in [0.1, 0.15) is 11.5 Å². The zero-order valence-electron chi connectivity index (χ0n) is 14.9. The minimum atomic E-state index is -0.235. The Hall–Kier alpha value is -3.31. The van der Waals surface area contributed by atoms with Gasteiger partial charge in [-0.15, -0.1) is 0 Å². The Bertz CT molecular complexity index is 1060. The topological polar surface area (TPSA) is 64.4 Å². The van der Waals surface area contributed by atoms with Gasteiger partial charge < -0.3 is 14.5 Å². The Morgan fingerprint density at radius 1 is 1.00 bits per heavy atom. The molecular formula is C22H17ClN2O3. The molecule has 4 rings (SSSR count). The number of nitrogens with one attached hydrogen (secondary N) is 1. The normalized spacial score (nSPS) is 10.8. The van der Waals surface area contributed by atoms with Crippen molar-refractivity contribution in [2.24, 2.45) is 0 Å². The van der Waals surface area contributed by atoms with Crippen LogP contribution >= 0.6 is 11.6 Å². The lowest BCUT2D eigenvalue weighted by atomic mass is 10.1. The number of ether oxygens (including phenoxy) is 1. The molecule has 0 bridgehead atoms. The lowest BCUT2D eigenvalue weighted by Gasteiger charge is -2.08. The summed E-state index contributed by atoms with van der Waals surface area (Å²) in [4.78, 5) is 16.5. The molecular weight excluding hydrogens is 376 g/mol. The highest BCUT2D eigenvalue weighted by atomic mass is 35.5. The van der Waals surface area contributed by atoms with E-state index in [-0.39, 0.29) is 12.5 Å². The van der Waals surface area contributed by atoms with Crippen LogP contribution in [0.25, 0.3) is 11.1 Å². The van der Waals surface area contributed by atoms with E-state index < -0.39 is 0 Å². The maximum atomic E-state index is 12.0. The van der Waals surface area contributed by atoms with Gasteiger partial charge in [0, 0.05) is 17.1 Å². The van der Waals surface area contributed by atoms with Crippen LogP contribution in [-0.2, 0) is 11.2 Å². The third-order valence-electron chi connectivity index (χ3n) is 4.11. The largest absolute Gasteiger partial charge is 0.484 e. The summed E-state index contributed by atoms with van der Waals surface area (Å²) in [7, 11) is 0. The van der Waals surface area contributed by atoms with Gasteiger partial charge in [0.25, 0.3) is 5.91 Å². The highest BCUT2D eigenvalue weighted by Crippen LogP contribution is 2.19. The molecule has 140 valence electrons. The standard InChI is InChI=1S/C22H17ClN2O3/c23-16-7-11-18(12-8-16)27-14-21(26)24-17-9-5-15(6-10-17)13-22-25-19-3-1-2-4-20(19)28-22/h1-12H,13-14H2,(H,24,26). The van der Waals surface area contributed by atoms with Gasteiger partial charge in [0.05, 0.1) is 0 Å². The van der Waals surface area contributed by atoms with Crippen molar-refractivity contribution in [2.45, 2.75) is 6.42 Å². The van der Waals surface area contributed by atoms with Gasteiger partial charge in [0.15, 0.2) is 18.1 Å². The monoisotopic (exact) mass is 392 g/mol. The molecule has 28 heavy (non-hydrogen) atoms. The van der Waals surface area contributed by atoms with Gasteiger partial charge in [0.2, 0.25) is 0 Å². The van der Waals surface area contributed by atoms with E-state index in [0.717, 1.165) is 16.7 Å². The molecule has 5 nitrogen and oxygen atoms in total. The van der Waals surface area contributed by atoms with E-state index >= 15 is 0 Å². The first kappa shape index (κ1) is 18.1. The number of carbonyl (C=O) groups excluding carboxylic acids is 1. The fourth-order valence-corrected chi connectivity index (χ4v) is 2.88. The molecule has 0 fully saturated rings.